The summed E-state index contributed by atoms with van der Waals surface area (Å²) in [4.78, 5) is 23.4. The van der Waals surface area contributed by atoms with Crippen LogP contribution < -0.4 is 0 Å². The normalized spacial score (nSPS) is 23.9. The molecular formula is C13H13IO4. The van der Waals surface area contributed by atoms with Gasteiger partial charge >= 0.3 is 5.97 Å². The van der Waals surface area contributed by atoms with E-state index in [0.717, 1.165) is 9.13 Å². The maximum Gasteiger partial charge on any atom is 0.319 e. The van der Waals surface area contributed by atoms with Gasteiger partial charge in [0.25, 0.3) is 0 Å². The first-order valence-corrected chi connectivity index (χ1v) is 6.71. The number of carbonyl (C=O) groups is 2. The molecule has 1 atom stereocenters. The molecule has 0 radical (unpaired) electrons. The number of benzene rings is 1. The Labute approximate surface area is 118 Å². The smallest absolute Gasteiger partial charge is 0.319 e. The zero-order chi connectivity index (χ0) is 13.2. The van der Waals surface area contributed by atoms with E-state index >= 15 is 0 Å². The fourth-order valence-corrected chi connectivity index (χ4v) is 2.45. The minimum atomic E-state index is -1.41. The fourth-order valence-electron chi connectivity index (χ4n) is 2.09. The predicted octanol–water partition coefficient (Wildman–Crippen LogP) is 1.89. The number of hydrogen-bond acceptors (Lipinski definition) is 3. The van der Waals surface area contributed by atoms with Crippen LogP contribution >= 0.6 is 22.6 Å². The molecule has 0 bridgehead atoms. The summed E-state index contributed by atoms with van der Waals surface area (Å²) in [7, 11) is 0. The van der Waals surface area contributed by atoms with Crippen LogP contribution in [0.15, 0.2) is 24.3 Å². The van der Waals surface area contributed by atoms with E-state index in [-0.39, 0.29) is 25.2 Å². The van der Waals surface area contributed by atoms with Crippen LogP contribution in [-0.2, 0) is 20.7 Å². The van der Waals surface area contributed by atoms with Crippen LogP contribution in [0.5, 0.6) is 0 Å². The Morgan fingerprint density at radius 2 is 2.06 bits per heavy atom. The highest BCUT2D eigenvalue weighted by Gasteiger charge is 2.47. The molecule has 1 aromatic rings. The van der Waals surface area contributed by atoms with Gasteiger partial charge in [-0.15, -0.1) is 0 Å². The number of rotatable bonds is 3. The number of ketones is 1. The molecule has 1 aliphatic rings. The van der Waals surface area contributed by atoms with Gasteiger partial charge in [0, 0.05) is 9.99 Å². The number of ether oxygens (including phenoxy) is 1. The third kappa shape index (κ3) is 2.56. The molecule has 1 heterocycles. The van der Waals surface area contributed by atoms with Gasteiger partial charge in [-0.25, -0.2) is 0 Å². The van der Waals surface area contributed by atoms with Gasteiger partial charge in [-0.1, -0.05) is 12.1 Å². The van der Waals surface area contributed by atoms with Crippen molar-refractivity contribution < 1.29 is 19.4 Å². The molecule has 96 valence electrons. The van der Waals surface area contributed by atoms with E-state index in [0.29, 0.717) is 6.61 Å². The van der Waals surface area contributed by atoms with Crippen molar-refractivity contribution in [1.82, 2.24) is 0 Å². The number of aliphatic carboxylic acids is 1. The molecule has 1 unspecified atom stereocenters. The van der Waals surface area contributed by atoms with Gasteiger partial charge in [0.2, 0.25) is 0 Å². The van der Waals surface area contributed by atoms with Gasteiger partial charge in [-0.05, 0) is 46.7 Å². The Bertz CT molecular complexity index is 468. The topological polar surface area (TPSA) is 63.6 Å². The molecule has 1 saturated heterocycles. The van der Waals surface area contributed by atoms with Crippen molar-refractivity contribution in [2.75, 3.05) is 13.2 Å². The number of carbonyl (C=O) groups excluding carboxylic acids is 1. The summed E-state index contributed by atoms with van der Waals surface area (Å²) in [5.41, 5.74) is -0.568. The molecule has 4 nitrogen and oxygen atoms in total. The van der Waals surface area contributed by atoms with Crippen molar-refractivity contribution >= 4 is 34.3 Å². The highest BCUT2D eigenvalue weighted by molar-refractivity contribution is 14.1. The molecule has 0 aromatic heterocycles. The molecule has 0 amide bonds. The molecule has 1 aliphatic heterocycles. The first kappa shape index (κ1) is 13.5. The van der Waals surface area contributed by atoms with E-state index in [1.807, 2.05) is 24.3 Å². The number of Topliss-reactive ketones (excluding diaryl/α,β-unsaturated/α-hetero) is 1. The summed E-state index contributed by atoms with van der Waals surface area (Å²) in [6.07, 6.45) is 0.370. The zero-order valence-corrected chi connectivity index (χ0v) is 11.8. The van der Waals surface area contributed by atoms with E-state index in [1.54, 1.807) is 0 Å². The summed E-state index contributed by atoms with van der Waals surface area (Å²) < 4.78 is 6.29. The summed E-state index contributed by atoms with van der Waals surface area (Å²) >= 11 is 2.18. The summed E-state index contributed by atoms with van der Waals surface area (Å²) in [6.45, 7) is 0.285. The van der Waals surface area contributed by atoms with Crippen molar-refractivity contribution in [2.45, 2.75) is 12.8 Å². The molecule has 0 aliphatic carbocycles. The quantitative estimate of drug-likeness (QED) is 0.661. The standard InChI is InChI=1S/C13H13IO4/c14-10-3-1-9(2-4-10)7-13(12(16)17)8-18-6-5-11(13)15/h1-4H,5-8H2,(H,16,17). The lowest BCUT2D eigenvalue weighted by Gasteiger charge is -2.31. The average molecular weight is 360 g/mol. The minimum Gasteiger partial charge on any atom is -0.480 e. The van der Waals surface area contributed by atoms with E-state index in [2.05, 4.69) is 22.6 Å². The molecule has 18 heavy (non-hydrogen) atoms. The van der Waals surface area contributed by atoms with Gasteiger partial charge in [-0.2, -0.15) is 0 Å². The predicted molar refractivity (Wildman–Crippen MR) is 73.4 cm³/mol. The van der Waals surface area contributed by atoms with Crippen molar-refractivity contribution in [1.29, 1.82) is 0 Å². The van der Waals surface area contributed by atoms with Crippen LogP contribution in [0.25, 0.3) is 0 Å². The zero-order valence-electron chi connectivity index (χ0n) is 9.69. The van der Waals surface area contributed by atoms with Gasteiger partial charge in [0.1, 0.15) is 0 Å². The lowest BCUT2D eigenvalue weighted by Crippen LogP contribution is -2.48. The van der Waals surface area contributed by atoms with Gasteiger partial charge in [0.15, 0.2) is 11.2 Å². The van der Waals surface area contributed by atoms with Crippen LogP contribution in [0.4, 0.5) is 0 Å². The SMILES string of the molecule is O=C(O)C1(Cc2ccc(I)cc2)COCCC1=O. The molecule has 0 spiro atoms. The summed E-state index contributed by atoms with van der Waals surface area (Å²) in [5.74, 6) is -1.33. The third-order valence-corrected chi connectivity index (χ3v) is 3.90. The Morgan fingerprint density at radius 3 is 2.61 bits per heavy atom. The van der Waals surface area contributed by atoms with Crippen LogP contribution in [0.1, 0.15) is 12.0 Å². The minimum absolute atomic E-state index is 0.0346. The van der Waals surface area contributed by atoms with Gasteiger partial charge in [-0.3, -0.25) is 9.59 Å². The van der Waals surface area contributed by atoms with E-state index in [9.17, 15) is 14.7 Å². The van der Waals surface area contributed by atoms with Crippen LogP contribution in [0.2, 0.25) is 0 Å². The number of carboxylic acid groups (broad SMARTS) is 1. The van der Waals surface area contributed by atoms with Crippen LogP contribution in [-0.4, -0.2) is 30.1 Å². The second-order valence-electron chi connectivity index (χ2n) is 4.42. The molecule has 0 saturated carbocycles. The largest absolute Gasteiger partial charge is 0.480 e. The van der Waals surface area contributed by atoms with Gasteiger partial charge in [0.05, 0.1) is 13.2 Å². The molecule has 1 aromatic carbocycles. The Balaban J connectivity index is 2.28. The average Bonchev–Trinajstić information content (AvgIpc) is 2.35. The third-order valence-electron chi connectivity index (χ3n) is 3.18. The second-order valence-corrected chi connectivity index (χ2v) is 5.66. The van der Waals surface area contributed by atoms with Crippen molar-refractivity contribution in [2.24, 2.45) is 5.41 Å². The van der Waals surface area contributed by atoms with Gasteiger partial charge < -0.3 is 9.84 Å². The van der Waals surface area contributed by atoms with Crippen LogP contribution in [0.3, 0.4) is 0 Å². The van der Waals surface area contributed by atoms with Crippen LogP contribution in [0, 0.1) is 8.99 Å². The number of carboxylic acids is 1. The van der Waals surface area contributed by atoms with E-state index < -0.39 is 11.4 Å². The molecule has 1 N–H and O–H groups in total. The van der Waals surface area contributed by atoms with Crippen molar-refractivity contribution in [3.05, 3.63) is 33.4 Å². The molecule has 5 heteroatoms. The second kappa shape index (κ2) is 5.36. The lowest BCUT2D eigenvalue weighted by atomic mass is 9.76. The molecule has 2 rings (SSSR count). The Kier molecular flexibility index (Phi) is 4.01. The van der Waals surface area contributed by atoms with Crippen molar-refractivity contribution in [3.63, 3.8) is 0 Å². The fraction of sp³-hybridized carbons (Fsp3) is 0.385. The first-order chi connectivity index (χ1) is 8.54. The first-order valence-electron chi connectivity index (χ1n) is 5.63. The van der Waals surface area contributed by atoms with E-state index in [1.165, 1.54) is 0 Å². The van der Waals surface area contributed by atoms with Crippen molar-refractivity contribution in [3.8, 4) is 0 Å². The highest BCUT2D eigenvalue weighted by Crippen LogP contribution is 2.30. The summed E-state index contributed by atoms with van der Waals surface area (Å²) in [5, 5.41) is 9.37. The summed E-state index contributed by atoms with van der Waals surface area (Å²) in [6, 6.07) is 7.52. The maximum atomic E-state index is 12.0. The number of hydrogen-bond donors (Lipinski definition) is 1. The Hall–Kier alpha value is -0.950. The lowest BCUT2D eigenvalue weighted by molar-refractivity contribution is -0.164. The maximum absolute atomic E-state index is 12.0. The number of halogens is 1. The monoisotopic (exact) mass is 360 g/mol. The van der Waals surface area contributed by atoms with E-state index in [4.69, 9.17) is 4.74 Å². The molecule has 1 fully saturated rings. The Morgan fingerprint density at radius 1 is 1.39 bits per heavy atom. The molecular weight excluding hydrogens is 347 g/mol. The highest BCUT2D eigenvalue weighted by atomic mass is 127.